The second-order valence-electron chi connectivity index (χ2n) is 12.9. The molecular formula is C36H57N2O2+. The van der Waals surface area contributed by atoms with Gasteiger partial charge in [0.25, 0.3) is 0 Å². The topological polar surface area (TPSA) is 42.4 Å². The maximum atomic E-state index is 12.0. The van der Waals surface area contributed by atoms with E-state index >= 15 is 0 Å². The summed E-state index contributed by atoms with van der Waals surface area (Å²) < 4.78 is 6.57. The number of pyridine rings is 1. The lowest BCUT2D eigenvalue weighted by molar-refractivity contribution is -0.973. The third-order valence-electron chi connectivity index (χ3n) is 10.3. The van der Waals surface area contributed by atoms with Crippen LogP contribution >= 0.6 is 0 Å². The quantitative estimate of drug-likeness (QED) is 0.108. The van der Waals surface area contributed by atoms with Crippen LogP contribution < -0.4 is 4.74 Å². The third kappa shape index (κ3) is 7.88. The molecule has 0 radical (unpaired) electrons. The number of hydrogen-bond acceptors (Lipinski definition) is 3. The Hall–Kier alpha value is -1.91. The van der Waals surface area contributed by atoms with Gasteiger partial charge in [-0.15, -0.1) is 6.58 Å². The Balaban J connectivity index is 1.27. The van der Waals surface area contributed by atoms with E-state index < -0.39 is 6.10 Å². The minimum Gasteiger partial charge on any atom is -0.497 e. The molecule has 2 aromatic rings. The zero-order valence-electron chi connectivity index (χ0n) is 25.7. The summed E-state index contributed by atoms with van der Waals surface area (Å²) in [4.78, 5) is 4.57. The van der Waals surface area contributed by atoms with E-state index in [1.807, 2.05) is 30.5 Å². The zero-order chi connectivity index (χ0) is 28.2. The van der Waals surface area contributed by atoms with Crippen molar-refractivity contribution in [2.75, 3.05) is 26.7 Å². The van der Waals surface area contributed by atoms with Crippen LogP contribution in [-0.2, 0) is 0 Å². The number of rotatable bonds is 19. The highest BCUT2D eigenvalue weighted by Gasteiger charge is 2.53. The van der Waals surface area contributed by atoms with E-state index in [4.69, 9.17) is 4.74 Å². The summed E-state index contributed by atoms with van der Waals surface area (Å²) in [5.74, 6) is 2.05. The molecule has 0 spiro atoms. The van der Waals surface area contributed by atoms with Crippen molar-refractivity contribution in [3.8, 4) is 5.75 Å². The first kappa shape index (κ1) is 31.0. The molecule has 4 heteroatoms. The Morgan fingerprint density at radius 2 is 1.62 bits per heavy atom. The van der Waals surface area contributed by atoms with Gasteiger partial charge in [-0.3, -0.25) is 4.98 Å². The third-order valence-corrected chi connectivity index (χ3v) is 10.3. The first-order valence-corrected chi connectivity index (χ1v) is 16.7. The molecule has 4 heterocycles. The van der Waals surface area contributed by atoms with Gasteiger partial charge in [-0.1, -0.05) is 90.0 Å². The van der Waals surface area contributed by atoms with Crippen molar-refractivity contribution >= 4 is 10.9 Å². The van der Waals surface area contributed by atoms with Gasteiger partial charge < -0.3 is 14.3 Å². The number of piperidine rings is 3. The maximum Gasteiger partial charge on any atom is 0.131 e. The first-order valence-electron chi connectivity index (χ1n) is 16.7. The Morgan fingerprint density at radius 3 is 2.25 bits per heavy atom. The molecule has 3 unspecified atom stereocenters. The van der Waals surface area contributed by atoms with Gasteiger partial charge in [0.1, 0.15) is 17.9 Å². The number of nitrogens with zero attached hydrogens (tertiary/aromatic N) is 2. The Bertz CT molecular complexity index is 1040. The molecule has 3 fully saturated rings. The van der Waals surface area contributed by atoms with E-state index in [1.54, 1.807) is 7.11 Å². The van der Waals surface area contributed by atoms with E-state index in [-0.39, 0.29) is 6.04 Å². The van der Waals surface area contributed by atoms with Crippen LogP contribution in [0.5, 0.6) is 5.75 Å². The van der Waals surface area contributed by atoms with Crippen molar-refractivity contribution in [1.29, 1.82) is 0 Å². The maximum absolute atomic E-state index is 12.0. The lowest BCUT2D eigenvalue weighted by Gasteiger charge is -2.58. The van der Waals surface area contributed by atoms with Gasteiger partial charge >= 0.3 is 0 Å². The average molecular weight is 550 g/mol. The van der Waals surface area contributed by atoms with Gasteiger partial charge in [0.05, 0.1) is 32.3 Å². The molecule has 4 nitrogen and oxygen atoms in total. The predicted octanol–water partition coefficient (Wildman–Crippen LogP) is 9.17. The molecular weight excluding hydrogens is 492 g/mol. The van der Waals surface area contributed by atoms with Crippen molar-refractivity contribution in [2.24, 2.45) is 11.8 Å². The number of ether oxygens (including phenoxy) is 1. The Morgan fingerprint density at radius 1 is 0.975 bits per heavy atom. The monoisotopic (exact) mass is 549 g/mol. The van der Waals surface area contributed by atoms with Gasteiger partial charge in [-0.2, -0.15) is 0 Å². The summed E-state index contributed by atoms with van der Waals surface area (Å²) in [6.07, 6.45) is 25.4. The highest BCUT2D eigenvalue weighted by molar-refractivity contribution is 5.83. The first-order chi connectivity index (χ1) is 19.6. The lowest BCUT2D eigenvalue weighted by Crippen LogP contribution is -2.68. The molecule has 0 saturated carbocycles. The van der Waals surface area contributed by atoms with Crippen LogP contribution in [0.25, 0.3) is 10.9 Å². The van der Waals surface area contributed by atoms with Crippen molar-refractivity contribution in [2.45, 2.75) is 122 Å². The predicted molar refractivity (Wildman–Crippen MR) is 169 cm³/mol. The van der Waals surface area contributed by atoms with Gasteiger partial charge in [0.2, 0.25) is 0 Å². The highest BCUT2D eigenvalue weighted by Crippen LogP contribution is 2.47. The van der Waals surface area contributed by atoms with Crippen molar-refractivity contribution in [3.63, 3.8) is 0 Å². The van der Waals surface area contributed by atoms with Gasteiger partial charge in [0.15, 0.2) is 0 Å². The van der Waals surface area contributed by atoms with E-state index in [9.17, 15) is 5.11 Å². The largest absolute Gasteiger partial charge is 0.497 e. The van der Waals surface area contributed by atoms with Crippen LogP contribution in [0.3, 0.4) is 0 Å². The number of aliphatic hydroxyl groups excluding tert-OH is 1. The van der Waals surface area contributed by atoms with Gasteiger partial charge in [0, 0.05) is 30.3 Å². The van der Waals surface area contributed by atoms with E-state index in [2.05, 4.69) is 24.6 Å². The van der Waals surface area contributed by atoms with Crippen molar-refractivity contribution < 1.29 is 14.3 Å². The van der Waals surface area contributed by atoms with Crippen LogP contribution in [0.2, 0.25) is 0 Å². The van der Waals surface area contributed by atoms with Crippen LogP contribution in [0, 0.1) is 11.8 Å². The normalized spacial score (nSPS) is 24.8. The second kappa shape index (κ2) is 15.9. The smallest absolute Gasteiger partial charge is 0.131 e. The van der Waals surface area contributed by atoms with Gasteiger partial charge in [-0.05, 0) is 48.6 Å². The molecule has 5 rings (SSSR count). The summed E-state index contributed by atoms with van der Waals surface area (Å²) in [7, 11) is 1.70. The summed E-state index contributed by atoms with van der Waals surface area (Å²) >= 11 is 0. The summed E-state index contributed by atoms with van der Waals surface area (Å²) in [5.41, 5.74) is 1.94. The molecule has 0 amide bonds. The van der Waals surface area contributed by atoms with Gasteiger partial charge in [-0.25, -0.2) is 0 Å². The molecule has 40 heavy (non-hydrogen) atoms. The Labute approximate surface area is 244 Å². The minimum absolute atomic E-state index is 0.244. The van der Waals surface area contributed by atoms with Crippen LogP contribution in [0.4, 0.5) is 0 Å². The van der Waals surface area contributed by atoms with E-state index in [0.29, 0.717) is 11.8 Å². The average Bonchev–Trinajstić information content (AvgIpc) is 3.00. The molecule has 3 saturated heterocycles. The standard InChI is InChI=1S/C36H57N2O2/c1-4-6-7-8-9-10-11-12-13-14-15-16-17-18-24-38-25-22-30(29(5-2)28-38)26-35(38)36(39)32-21-23-37-34-20-19-31(40-3)27-33(32)34/h5,19-21,23,27,29-30,35-36,39H,2,4,6-18,22,24-26,28H2,1,3H3/q+1/t29?,30?,35-,36-,38?/m0/s1. The van der Waals surface area contributed by atoms with Crippen LogP contribution in [0.1, 0.15) is 121 Å². The minimum atomic E-state index is -0.488. The number of fused-ring (bicyclic) bond motifs is 4. The number of methoxy groups -OCH3 is 1. The number of benzene rings is 1. The fraction of sp³-hybridized carbons (Fsp3) is 0.694. The number of aliphatic hydroxyl groups is 1. The van der Waals surface area contributed by atoms with Crippen molar-refractivity contribution in [1.82, 2.24) is 4.98 Å². The van der Waals surface area contributed by atoms with Crippen LogP contribution in [0.15, 0.2) is 43.1 Å². The molecule has 5 atom stereocenters. The van der Waals surface area contributed by atoms with E-state index in [0.717, 1.165) is 39.7 Å². The fourth-order valence-electron chi connectivity index (χ4n) is 7.85. The molecule has 2 bridgehead atoms. The van der Waals surface area contributed by atoms with Crippen LogP contribution in [-0.4, -0.2) is 47.4 Å². The summed E-state index contributed by atoms with van der Waals surface area (Å²) in [5, 5.41) is 13.0. The molecule has 3 aliphatic heterocycles. The molecule has 222 valence electrons. The Kier molecular flexibility index (Phi) is 12.4. The molecule has 0 aliphatic carbocycles. The second-order valence-corrected chi connectivity index (χ2v) is 12.9. The molecule has 1 aromatic carbocycles. The van der Waals surface area contributed by atoms with Crippen molar-refractivity contribution in [3.05, 3.63) is 48.7 Å². The number of hydrogen-bond donors (Lipinski definition) is 1. The highest BCUT2D eigenvalue weighted by atomic mass is 16.5. The molecule has 1 aromatic heterocycles. The number of quaternary nitrogens is 1. The lowest BCUT2D eigenvalue weighted by atomic mass is 9.71. The van der Waals surface area contributed by atoms with E-state index in [1.165, 1.54) is 109 Å². The number of unbranched alkanes of at least 4 members (excludes halogenated alkanes) is 13. The zero-order valence-corrected chi connectivity index (χ0v) is 25.7. The SMILES string of the molecule is C=CC1C[N+]2(CCCCCCCCCCCCCCCC)CCC1C[C@H]2[C@@H](O)c1ccnc2ccc(OC)cc12. The number of aromatic nitrogens is 1. The molecule has 1 N–H and O–H groups in total. The summed E-state index contributed by atoms with van der Waals surface area (Å²) in [6.45, 7) is 10.0. The summed E-state index contributed by atoms with van der Waals surface area (Å²) in [6, 6.07) is 8.28. The fourth-order valence-corrected chi connectivity index (χ4v) is 7.85. The molecule has 3 aliphatic rings.